The Morgan fingerprint density at radius 2 is 1.79 bits per heavy atom. The van der Waals surface area contributed by atoms with Crippen molar-refractivity contribution >= 4 is 11.8 Å². The largest absolute Gasteiger partial charge is 0.310 e. The van der Waals surface area contributed by atoms with Gasteiger partial charge in [-0.25, -0.2) is 0 Å². The maximum atomic E-state index is 3.90. The van der Waals surface area contributed by atoms with E-state index in [0.717, 1.165) is 23.3 Å². The topological polar surface area (TPSA) is 12.0 Å². The Morgan fingerprint density at radius 1 is 1.00 bits per heavy atom. The molecule has 0 aromatic rings. The summed E-state index contributed by atoms with van der Waals surface area (Å²) in [4.78, 5) is 0. The molecule has 0 spiro atoms. The van der Waals surface area contributed by atoms with Crippen molar-refractivity contribution < 1.29 is 0 Å². The first-order chi connectivity index (χ1) is 6.77. The maximum Gasteiger partial charge on any atom is 0.0194 e. The van der Waals surface area contributed by atoms with E-state index in [-0.39, 0.29) is 0 Å². The lowest BCUT2D eigenvalue weighted by Gasteiger charge is -2.33. The number of hydrogen-bond acceptors (Lipinski definition) is 2. The second-order valence-electron chi connectivity index (χ2n) is 5.01. The first kappa shape index (κ1) is 10.8. The molecule has 0 bridgehead atoms. The predicted molar refractivity (Wildman–Crippen MR) is 64.9 cm³/mol. The van der Waals surface area contributed by atoms with Gasteiger partial charge in [-0.2, -0.15) is 11.8 Å². The van der Waals surface area contributed by atoms with E-state index < -0.39 is 0 Å². The number of nitrogens with one attached hydrogen (secondary N) is 1. The lowest BCUT2D eigenvalue weighted by molar-refractivity contribution is 0.257. The average Bonchev–Trinajstić information content (AvgIpc) is 2.56. The molecule has 1 saturated heterocycles. The third-order valence-electron chi connectivity index (χ3n) is 3.92. The third-order valence-corrected chi connectivity index (χ3v) is 5.24. The van der Waals surface area contributed by atoms with Crippen LogP contribution in [0.3, 0.4) is 0 Å². The van der Waals surface area contributed by atoms with Gasteiger partial charge in [0, 0.05) is 17.3 Å². The minimum Gasteiger partial charge on any atom is -0.310 e. The van der Waals surface area contributed by atoms with Gasteiger partial charge in [-0.1, -0.05) is 26.7 Å². The Hall–Kier alpha value is 0.310. The maximum absolute atomic E-state index is 3.90. The van der Waals surface area contributed by atoms with Gasteiger partial charge >= 0.3 is 0 Å². The van der Waals surface area contributed by atoms with E-state index in [4.69, 9.17) is 0 Å². The van der Waals surface area contributed by atoms with Crippen molar-refractivity contribution in [3.8, 4) is 0 Å². The Morgan fingerprint density at radius 3 is 2.43 bits per heavy atom. The van der Waals surface area contributed by atoms with E-state index in [1.165, 1.54) is 37.9 Å². The zero-order valence-electron chi connectivity index (χ0n) is 9.46. The SMILES string of the molecule is CC1CCCCC1NC1CCSC1C. The van der Waals surface area contributed by atoms with E-state index in [1.807, 2.05) is 0 Å². The fraction of sp³-hybridized carbons (Fsp3) is 1.00. The molecule has 4 atom stereocenters. The summed E-state index contributed by atoms with van der Waals surface area (Å²) in [6.45, 7) is 4.80. The van der Waals surface area contributed by atoms with Crippen LogP contribution < -0.4 is 5.32 Å². The monoisotopic (exact) mass is 213 g/mol. The Labute approximate surface area is 92.4 Å². The molecule has 0 aromatic heterocycles. The van der Waals surface area contributed by atoms with Crippen molar-refractivity contribution in [3.63, 3.8) is 0 Å². The molecule has 82 valence electrons. The van der Waals surface area contributed by atoms with Crippen LogP contribution >= 0.6 is 11.8 Å². The molecular weight excluding hydrogens is 190 g/mol. The molecule has 0 aromatic carbocycles. The van der Waals surface area contributed by atoms with E-state index in [1.54, 1.807) is 0 Å². The normalized spacial score (nSPS) is 44.1. The van der Waals surface area contributed by atoms with Gasteiger partial charge in [0.05, 0.1) is 0 Å². The number of hydrogen-bond donors (Lipinski definition) is 1. The molecule has 2 fully saturated rings. The van der Waals surface area contributed by atoms with Crippen molar-refractivity contribution in [2.24, 2.45) is 5.92 Å². The Balaban J connectivity index is 1.83. The van der Waals surface area contributed by atoms with Crippen molar-refractivity contribution in [3.05, 3.63) is 0 Å². The fourth-order valence-electron chi connectivity index (χ4n) is 2.79. The molecule has 1 saturated carbocycles. The van der Waals surface area contributed by atoms with Crippen LogP contribution in [0.25, 0.3) is 0 Å². The summed E-state index contributed by atoms with van der Waals surface area (Å²) in [6.07, 6.45) is 7.13. The minimum absolute atomic E-state index is 0.797. The van der Waals surface area contributed by atoms with Crippen molar-refractivity contribution in [1.82, 2.24) is 5.32 Å². The van der Waals surface area contributed by atoms with Gasteiger partial charge < -0.3 is 5.32 Å². The van der Waals surface area contributed by atoms with Crippen LogP contribution in [0.15, 0.2) is 0 Å². The summed E-state index contributed by atoms with van der Waals surface area (Å²) in [5.74, 6) is 2.27. The van der Waals surface area contributed by atoms with Gasteiger partial charge in [-0.15, -0.1) is 0 Å². The second kappa shape index (κ2) is 4.89. The van der Waals surface area contributed by atoms with E-state index in [0.29, 0.717) is 0 Å². The van der Waals surface area contributed by atoms with Crippen molar-refractivity contribution in [2.75, 3.05) is 5.75 Å². The summed E-state index contributed by atoms with van der Waals surface area (Å²) in [5.41, 5.74) is 0. The zero-order chi connectivity index (χ0) is 9.97. The molecule has 14 heavy (non-hydrogen) atoms. The highest BCUT2D eigenvalue weighted by Crippen LogP contribution is 2.30. The molecule has 2 aliphatic rings. The standard InChI is InChI=1S/C12H23NS/c1-9-5-3-4-6-11(9)13-12-7-8-14-10(12)2/h9-13H,3-8H2,1-2H3. The van der Waals surface area contributed by atoms with E-state index >= 15 is 0 Å². The smallest absolute Gasteiger partial charge is 0.0194 e. The van der Waals surface area contributed by atoms with Crippen LogP contribution in [-0.2, 0) is 0 Å². The molecule has 2 rings (SSSR count). The molecule has 0 radical (unpaired) electrons. The van der Waals surface area contributed by atoms with Crippen LogP contribution in [0.4, 0.5) is 0 Å². The molecule has 4 unspecified atom stereocenters. The Kier molecular flexibility index (Phi) is 3.78. The van der Waals surface area contributed by atoms with Crippen LogP contribution in [0, 0.1) is 5.92 Å². The second-order valence-corrected chi connectivity index (χ2v) is 6.49. The van der Waals surface area contributed by atoms with E-state index in [2.05, 4.69) is 30.9 Å². The Bertz CT molecular complexity index is 183. The van der Waals surface area contributed by atoms with Crippen LogP contribution in [0.2, 0.25) is 0 Å². The molecule has 1 aliphatic carbocycles. The molecule has 1 nitrogen and oxygen atoms in total. The number of rotatable bonds is 2. The summed E-state index contributed by atoms with van der Waals surface area (Å²) in [6, 6.07) is 1.61. The highest BCUT2D eigenvalue weighted by Gasteiger charge is 2.29. The lowest BCUT2D eigenvalue weighted by atomic mass is 9.85. The molecule has 1 aliphatic heterocycles. The van der Waals surface area contributed by atoms with Gasteiger partial charge in [-0.3, -0.25) is 0 Å². The van der Waals surface area contributed by atoms with Gasteiger partial charge in [-0.05, 0) is 30.9 Å². The summed E-state index contributed by atoms with van der Waals surface area (Å²) in [7, 11) is 0. The summed E-state index contributed by atoms with van der Waals surface area (Å²) < 4.78 is 0. The van der Waals surface area contributed by atoms with Crippen molar-refractivity contribution in [2.45, 2.75) is 63.3 Å². The zero-order valence-corrected chi connectivity index (χ0v) is 10.3. The van der Waals surface area contributed by atoms with Gasteiger partial charge in [0.15, 0.2) is 0 Å². The van der Waals surface area contributed by atoms with Gasteiger partial charge in [0.2, 0.25) is 0 Å². The van der Waals surface area contributed by atoms with E-state index in [9.17, 15) is 0 Å². The average molecular weight is 213 g/mol. The van der Waals surface area contributed by atoms with Crippen LogP contribution in [0.5, 0.6) is 0 Å². The first-order valence-corrected chi connectivity index (χ1v) is 7.20. The predicted octanol–water partition coefficient (Wildman–Crippen LogP) is 3.05. The van der Waals surface area contributed by atoms with Gasteiger partial charge in [0.1, 0.15) is 0 Å². The number of thioether (sulfide) groups is 1. The molecule has 2 heteroatoms. The minimum atomic E-state index is 0.797. The highest BCUT2D eigenvalue weighted by atomic mass is 32.2. The van der Waals surface area contributed by atoms with Crippen molar-refractivity contribution in [1.29, 1.82) is 0 Å². The quantitative estimate of drug-likeness (QED) is 0.756. The fourth-order valence-corrected chi connectivity index (χ4v) is 4.00. The molecule has 1 heterocycles. The first-order valence-electron chi connectivity index (χ1n) is 6.15. The highest BCUT2D eigenvalue weighted by molar-refractivity contribution is 8.00. The third kappa shape index (κ3) is 2.46. The lowest BCUT2D eigenvalue weighted by Crippen LogP contribution is -2.45. The molecule has 1 N–H and O–H groups in total. The van der Waals surface area contributed by atoms with Gasteiger partial charge in [0.25, 0.3) is 0 Å². The molecule has 0 amide bonds. The van der Waals surface area contributed by atoms with Crippen LogP contribution in [0.1, 0.15) is 46.0 Å². The summed E-state index contributed by atoms with van der Waals surface area (Å²) >= 11 is 2.13. The molecular formula is C12H23NS. The van der Waals surface area contributed by atoms with Crippen LogP contribution in [-0.4, -0.2) is 23.1 Å². The summed E-state index contributed by atoms with van der Waals surface area (Å²) in [5, 5.41) is 4.73.